The molecule has 0 aliphatic carbocycles. The van der Waals surface area contributed by atoms with Crippen molar-refractivity contribution >= 4 is 35.6 Å². The zero-order valence-electron chi connectivity index (χ0n) is 25.9. The van der Waals surface area contributed by atoms with E-state index < -0.39 is 0 Å². The third kappa shape index (κ3) is 5.87. The van der Waals surface area contributed by atoms with Crippen LogP contribution in [-0.4, -0.2) is 73.6 Å². The normalized spacial score (nSPS) is 20.0. The van der Waals surface area contributed by atoms with Crippen LogP contribution in [-0.2, 0) is 0 Å². The number of nitrogens with zero attached hydrogens (tertiary/aromatic N) is 4. The molecule has 4 heterocycles. The molecule has 10 nitrogen and oxygen atoms in total. The average Bonchev–Trinajstić information content (AvgIpc) is 3.59. The smallest absolute Gasteiger partial charge is 0.260 e. The van der Waals surface area contributed by atoms with Gasteiger partial charge in [-0.1, -0.05) is 24.3 Å². The summed E-state index contributed by atoms with van der Waals surface area (Å²) in [6, 6.07) is 6.62. The van der Waals surface area contributed by atoms with Crippen molar-refractivity contribution < 1.29 is 28.5 Å². The van der Waals surface area contributed by atoms with Crippen LogP contribution in [0.1, 0.15) is 53.8 Å². The number of amides is 2. The number of carbonyl (C=O) groups is 2. The lowest BCUT2D eigenvalue weighted by Gasteiger charge is -2.19. The van der Waals surface area contributed by atoms with Gasteiger partial charge in [0.15, 0.2) is 23.0 Å². The van der Waals surface area contributed by atoms with Gasteiger partial charge in [0.2, 0.25) is 0 Å². The van der Waals surface area contributed by atoms with Crippen LogP contribution >= 0.6 is 0 Å². The lowest BCUT2D eigenvalue weighted by atomic mass is 10.1. The molecule has 2 aromatic carbocycles. The van der Waals surface area contributed by atoms with E-state index in [4.69, 9.17) is 18.9 Å². The summed E-state index contributed by atoms with van der Waals surface area (Å²) in [6.07, 6.45) is 17.3. The zero-order valence-corrected chi connectivity index (χ0v) is 25.9. The van der Waals surface area contributed by atoms with Crippen molar-refractivity contribution in [2.24, 2.45) is 9.98 Å². The molecular formula is C35H36N4O6. The monoisotopic (exact) mass is 608 g/mol. The molecular weight excluding hydrogens is 572 g/mol. The number of hydrogen-bond donors (Lipinski definition) is 0. The van der Waals surface area contributed by atoms with Crippen molar-refractivity contribution in [1.82, 2.24) is 9.80 Å². The maximum Gasteiger partial charge on any atom is 0.260 e. The van der Waals surface area contributed by atoms with Gasteiger partial charge in [-0.15, -0.1) is 0 Å². The van der Waals surface area contributed by atoms with Crippen molar-refractivity contribution in [2.75, 3.05) is 27.4 Å². The van der Waals surface area contributed by atoms with Crippen LogP contribution in [0.5, 0.6) is 23.0 Å². The molecule has 10 heteroatoms. The van der Waals surface area contributed by atoms with Crippen molar-refractivity contribution in [2.45, 2.75) is 45.2 Å². The molecule has 0 N–H and O–H groups in total. The van der Waals surface area contributed by atoms with Gasteiger partial charge < -0.3 is 28.7 Å². The topological polar surface area (TPSA) is 102 Å². The summed E-state index contributed by atoms with van der Waals surface area (Å²) < 4.78 is 23.3. The third-order valence-corrected chi connectivity index (χ3v) is 8.04. The SMILES string of the molecule is C/C=C/C1=CN2C(=O)c3cc(OC)c(OCCCOc4cc5c(cc4OC)C(=O)N4C=C(/C=C/C)CC4C=N5)cc3N=CC2C1. The number of carbonyl (C=O) groups excluding carboxylic acids is 2. The van der Waals surface area contributed by atoms with E-state index >= 15 is 0 Å². The average molecular weight is 609 g/mol. The Labute approximate surface area is 262 Å². The van der Waals surface area contributed by atoms with Crippen LogP contribution in [0, 0.1) is 0 Å². The van der Waals surface area contributed by atoms with E-state index in [1.165, 1.54) is 0 Å². The van der Waals surface area contributed by atoms with Gasteiger partial charge in [-0.25, -0.2) is 0 Å². The molecule has 0 radical (unpaired) electrons. The van der Waals surface area contributed by atoms with Gasteiger partial charge in [0, 0.05) is 43.4 Å². The predicted molar refractivity (Wildman–Crippen MR) is 173 cm³/mol. The maximum atomic E-state index is 13.4. The maximum absolute atomic E-state index is 13.4. The van der Waals surface area contributed by atoms with Crippen molar-refractivity contribution in [1.29, 1.82) is 0 Å². The second-order valence-electron chi connectivity index (χ2n) is 11.0. The van der Waals surface area contributed by atoms with E-state index in [1.807, 2.05) is 63.0 Å². The van der Waals surface area contributed by atoms with E-state index in [2.05, 4.69) is 9.98 Å². The van der Waals surface area contributed by atoms with Crippen LogP contribution in [0.15, 0.2) is 82.1 Å². The quantitative estimate of drug-likeness (QED) is 0.292. The Morgan fingerprint density at radius 1 is 0.711 bits per heavy atom. The Hall–Kier alpha value is -5.12. The molecule has 0 saturated heterocycles. The second kappa shape index (κ2) is 12.9. The van der Waals surface area contributed by atoms with E-state index in [9.17, 15) is 9.59 Å². The molecule has 0 fully saturated rings. The van der Waals surface area contributed by atoms with Gasteiger partial charge in [0.25, 0.3) is 11.8 Å². The van der Waals surface area contributed by atoms with Crippen LogP contribution in [0.4, 0.5) is 11.4 Å². The number of allylic oxidation sites excluding steroid dienone is 4. The minimum absolute atomic E-state index is 0.123. The molecule has 0 spiro atoms. The molecule has 4 aliphatic rings. The second-order valence-corrected chi connectivity index (χ2v) is 11.0. The standard InChI is InChI=1S/C35H36N4O6/c1-5-8-22-12-24-18-36-28-16-32(30(42-3)14-26(28)34(40)38(24)20-22)44-10-7-11-45-33-17-29-27(15-31(33)43-4)35(41)39-21-23(9-6-2)13-25(39)19-37-29/h5-6,8-9,14-21,24-25H,7,10-13H2,1-4H3/b8-5+,9-6+. The number of methoxy groups -OCH3 is 2. The van der Waals surface area contributed by atoms with Gasteiger partial charge in [0.1, 0.15) is 0 Å². The third-order valence-electron chi connectivity index (χ3n) is 8.04. The molecule has 2 unspecified atom stereocenters. The van der Waals surface area contributed by atoms with E-state index in [0.717, 1.165) is 24.0 Å². The summed E-state index contributed by atoms with van der Waals surface area (Å²) in [5, 5.41) is 0. The lowest BCUT2D eigenvalue weighted by Crippen LogP contribution is -2.32. The minimum atomic E-state index is -0.124. The van der Waals surface area contributed by atoms with E-state index in [-0.39, 0.29) is 23.9 Å². The lowest BCUT2D eigenvalue weighted by molar-refractivity contribution is 0.0809. The summed E-state index contributed by atoms with van der Waals surface area (Å²) in [5.41, 5.74) is 4.18. The van der Waals surface area contributed by atoms with Gasteiger partial charge in [-0.3, -0.25) is 19.6 Å². The van der Waals surface area contributed by atoms with Crippen LogP contribution in [0.2, 0.25) is 0 Å². The largest absolute Gasteiger partial charge is 0.493 e. The number of hydrogen-bond acceptors (Lipinski definition) is 8. The molecule has 0 aromatic heterocycles. The number of aliphatic imine (C=N–C) groups is 2. The number of fused-ring (bicyclic) bond motifs is 4. The molecule has 2 aromatic rings. The zero-order chi connectivity index (χ0) is 31.5. The molecule has 4 aliphatic heterocycles. The number of benzene rings is 2. The molecule has 232 valence electrons. The molecule has 45 heavy (non-hydrogen) atoms. The molecule has 0 bridgehead atoms. The van der Waals surface area contributed by atoms with Crippen molar-refractivity contribution in [3.05, 3.63) is 83.2 Å². The number of rotatable bonds is 10. The van der Waals surface area contributed by atoms with Gasteiger partial charge in [-0.05, 0) is 50.0 Å². The van der Waals surface area contributed by atoms with Gasteiger partial charge in [-0.2, -0.15) is 0 Å². The van der Waals surface area contributed by atoms with Crippen LogP contribution in [0.25, 0.3) is 0 Å². The molecule has 2 atom stereocenters. The first-order chi connectivity index (χ1) is 21.9. The first-order valence-electron chi connectivity index (χ1n) is 15.0. The first kappa shape index (κ1) is 29.9. The number of ether oxygens (including phenoxy) is 4. The highest BCUT2D eigenvalue weighted by atomic mass is 16.5. The fraction of sp³-hybridized carbons (Fsp3) is 0.314. The van der Waals surface area contributed by atoms with Crippen LogP contribution in [0.3, 0.4) is 0 Å². The summed E-state index contributed by atoms with van der Waals surface area (Å²) >= 11 is 0. The Bertz CT molecular complexity index is 1580. The molecule has 6 rings (SSSR count). The Balaban J connectivity index is 1.10. The summed E-state index contributed by atoms with van der Waals surface area (Å²) in [6.45, 7) is 4.58. The highest BCUT2D eigenvalue weighted by Crippen LogP contribution is 2.40. The molecule has 2 amide bonds. The first-order valence-corrected chi connectivity index (χ1v) is 15.0. The van der Waals surface area contributed by atoms with Crippen molar-refractivity contribution in [3.63, 3.8) is 0 Å². The van der Waals surface area contributed by atoms with Crippen LogP contribution < -0.4 is 18.9 Å². The van der Waals surface area contributed by atoms with E-state index in [1.54, 1.807) is 48.3 Å². The predicted octanol–water partition coefficient (Wildman–Crippen LogP) is 6.33. The Morgan fingerprint density at radius 2 is 1.16 bits per heavy atom. The summed E-state index contributed by atoms with van der Waals surface area (Å²) in [7, 11) is 3.09. The Morgan fingerprint density at radius 3 is 1.56 bits per heavy atom. The summed E-state index contributed by atoms with van der Waals surface area (Å²) in [5.74, 6) is 1.66. The fourth-order valence-electron chi connectivity index (χ4n) is 5.88. The highest BCUT2D eigenvalue weighted by molar-refractivity contribution is 6.05. The van der Waals surface area contributed by atoms with Gasteiger partial charge >= 0.3 is 0 Å². The van der Waals surface area contributed by atoms with Crippen molar-refractivity contribution in [3.8, 4) is 23.0 Å². The van der Waals surface area contributed by atoms with Gasteiger partial charge in [0.05, 0.1) is 62.0 Å². The highest BCUT2D eigenvalue weighted by Gasteiger charge is 2.34. The van der Waals surface area contributed by atoms with E-state index in [0.29, 0.717) is 65.1 Å². The summed E-state index contributed by atoms with van der Waals surface area (Å²) in [4.78, 5) is 39.4. The molecule has 0 saturated carbocycles. The minimum Gasteiger partial charge on any atom is -0.493 e. The Kier molecular flexibility index (Phi) is 8.55. The fourth-order valence-corrected chi connectivity index (χ4v) is 5.88.